The van der Waals surface area contributed by atoms with E-state index in [9.17, 15) is 14.3 Å². The zero-order valence-electron chi connectivity index (χ0n) is 21.3. The molecule has 0 spiro atoms. The first-order valence-electron chi connectivity index (χ1n) is 13.4. The highest BCUT2D eigenvalue weighted by Crippen LogP contribution is 2.70. The highest BCUT2D eigenvalue weighted by Gasteiger charge is 2.65. The van der Waals surface area contributed by atoms with Crippen LogP contribution in [0.4, 0.5) is 4.39 Å². The standard InChI is InChI=1S/C30H41FO3/c1-5-29(20(2)32)15-13-26-24-11-8-22-18-30(33,34-19-21-6-9-23(31)10-7-21)17-16-27(22,3)25(24)12-14-28(26,29)4/h6-10,24-26,33H,5,11-19H2,1-4H3. The Labute approximate surface area is 204 Å². The average Bonchev–Trinajstić information content (AvgIpc) is 3.13. The number of carbonyl (C=O) groups is 1. The molecule has 0 saturated heterocycles. The predicted octanol–water partition coefficient (Wildman–Crippen LogP) is 6.98. The van der Waals surface area contributed by atoms with Crippen LogP contribution in [-0.2, 0) is 16.1 Å². The lowest BCUT2D eigenvalue weighted by Crippen LogP contribution is -2.55. The highest BCUT2D eigenvalue weighted by atomic mass is 19.1. The molecule has 186 valence electrons. The number of allylic oxidation sites excluding steroid dienone is 1. The summed E-state index contributed by atoms with van der Waals surface area (Å²) in [5.41, 5.74) is 2.30. The van der Waals surface area contributed by atoms with E-state index < -0.39 is 5.79 Å². The summed E-state index contributed by atoms with van der Waals surface area (Å²) in [5.74, 6) is 0.842. The first-order valence-corrected chi connectivity index (χ1v) is 13.4. The van der Waals surface area contributed by atoms with Gasteiger partial charge in [0, 0.05) is 18.3 Å². The van der Waals surface area contributed by atoms with Crippen LogP contribution in [0.2, 0.25) is 0 Å². The summed E-state index contributed by atoms with van der Waals surface area (Å²) >= 11 is 0. The van der Waals surface area contributed by atoms with Crippen molar-refractivity contribution in [3.8, 4) is 0 Å². The molecule has 34 heavy (non-hydrogen) atoms. The fraction of sp³-hybridized carbons (Fsp3) is 0.700. The van der Waals surface area contributed by atoms with Gasteiger partial charge in [-0.25, -0.2) is 4.39 Å². The van der Waals surface area contributed by atoms with Gasteiger partial charge < -0.3 is 9.84 Å². The molecule has 4 heteroatoms. The number of ketones is 1. The van der Waals surface area contributed by atoms with Gasteiger partial charge in [0.15, 0.2) is 5.79 Å². The van der Waals surface area contributed by atoms with Crippen LogP contribution in [0.25, 0.3) is 0 Å². The van der Waals surface area contributed by atoms with Crippen LogP contribution in [0.5, 0.6) is 0 Å². The van der Waals surface area contributed by atoms with Gasteiger partial charge in [0.2, 0.25) is 0 Å². The molecule has 7 atom stereocenters. The Hall–Kier alpha value is -1.52. The van der Waals surface area contributed by atoms with Crippen molar-refractivity contribution >= 4 is 5.78 Å². The van der Waals surface area contributed by atoms with Gasteiger partial charge in [-0.3, -0.25) is 4.79 Å². The minimum atomic E-state index is -1.16. The number of hydrogen-bond donors (Lipinski definition) is 1. The fourth-order valence-electron chi connectivity index (χ4n) is 9.08. The Kier molecular flexibility index (Phi) is 5.88. The smallest absolute Gasteiger partial charge is 0.169 e. The topological polar surface area (TPSA) is 46.5 Å². The van der Waals surface area contributed by atoms with Gasteiger partial charge in [0.05, 0.1) is 6.61 Å². The van der Waals surface area contributed by atoms with Crippen molar-refractivity contribution < 1.29 is 19.0 Å². The van der Waals surface area contributed by atoms with Crippen molar-refractivity contribution in [2.24, 2.45) is 34.0 Å². The Bertz CT molecular complexity index is 985. The van der Waals surface area contributed by atoms with Crippen LogP contribution in [-0.4, -0.2) is 16.7 Å². The van der Waals surface area contributed by atoms with Crippen molar-refractivity contribution in [3.05, 3.63) is 47.3 Å². The Morgan fingerprint density at radius 2 is 1.79 bits per heavy atom. The molecule has 0 bridgehead atoms. The molecule has 7 unspecified atom stereocenters. The number of Topliss-reactive ketones (excluding diaryl/α,β-unsaturated/α-hetero) is 1. The lowest BCUT2D eigenvalue weighted by atomic mass is 9.45. The highest BCUT2D eigenvalue weighted by molar-refractivity contribution is 5.83. The molecule has 0 aromatic heterocycles. The number of halogens is 1. The van der Waals surface area contributed by atoms with E-state index in [1.54, 1.807) is 12.1 Å². The van der Waals surface area contributed by atoms with E-state index in [0.717, 1.165) is 37.7 Å². The van der Waals surface area contributed by atoms with Gasteiger partial charge in [0.25, 0.3) is 0 Å². The molecule has 4 aliphatic carbocycles. The zero-order valence-corrected chi connectivity index (χ0v) is 21.3. The first-order chi connectivity index (χ1) is 16.1. The quantitative estimate of drug-likeness (QED) is 0.375. The summed E-state index contributed by atoms with van der Waals surface area (Å²) in [4.78, 5) is 12.9. The van der Waals surface area contributed by atoms with Gasteiger partial charge >= 0.3 is 0 Å². The monoisotopic (exact) mass is 468 g/mol. The normalized spacial score (nSPS) is 43.5. The van der Waals surface area contributed by atoms with Crippen LogP contribution in [0.15, 0.2) is 35.9 Å². The van der Waals surface area contributed by atoms with Crippen molar-refractivity contribution in [1.82, 2.24) is 0 Å². The molecule has 3 nitrogen and oxygen atoms in total. The number of hydrogen-bond acceptors (Lipinski definition) is 3. The Balaban J connectivity index is 1.35. The van der Waals surface area contributed by atoms with Crippen LogP contribution in [0.1, 0.15) is 91.0 Å². The van der Waals surface area contributed by atoms with E-state index in [4.69, 9.17) is 4.74 Å². The molecule has 4 aliphatic rings. The van der Waals surface area contributed by atoms with E-state index in [2.05, 4.69) is 26.8 Å². The fourth-order valence-corrected chi connectivity index (χ4v) is 9.08. The van der Waals surface area contributed by atoms with Crippen LogP contribution < -0.4 is 0 Å². The van der Waals surface area contributed by atoms with Gasteiger partial charge in [0.1, 0.15) is 11.6 Å². The molecule has 3 fully saturated rings. The SMILES string of the molecule is CCC1(C(C)=O)CCC2C3CC=C4CC(O)(OCc5ccc(F)cc5)CCC4(C)C3CCC21C. The largest absolute Gasteiger partial charge is 0.365 e. The van der Waals surface area contributed by atoms with E-state index in [0.29, 0.717) is 36.4 Å². The molecule has 0 aliphatic heterocycles. The third kappa shape index (κ3) is 3.46. The molecule has 1 N–H and O–H groups in total. The number of fused-ring (bicyclic) bond motifs is 5. The Morgan fingerprint density at radius 3 is 2.47 bits per heavy atom. The first kappa shape index (κ1) is 24.2. The Morgan fingerprint density at radius 1 is 1.09 bits per heavy atom. The van der Waals surface area contributed by atoms with Crippen molar-refractivity contribution in [2.75, 3.05) is 0 Å². The van der Waals surface area contributed by atoms with Crippen LogP contribution in [0.3, 0.4) is 0 Å². The summed E-state index contributed by atoms with van der Waals surface area (Å²) in [6, 6.07) is 6.30. The number of rotatable bonds is 5. The van der Waals surface area contributed by atoms with Gasteiger partial charge in [-0.15, -0.1) is 0 Å². The molecule has 1 aromatic carbocycles. The molecule has 3 saturated carbocycles. The van der Waals surface area contributed by atoms with E-state index in [1.165, 1.54) is 30.5 Å². The number of aliphatic hydroxyl groups is 1. The number of benzene rings is 1. The maximum Gasteiger partial charge on any atom is 0.169 e. The third-order valence-electron chi connectivity index (χ3n) is 11.2. The summed E-state index contributed by atoms with van der Waals surface area (Å²) in [6.45, 7) is 9.19. The minimum Gasteiger partial charge on any atom is -0.365 e. The lowest BCUT2D eigenvalue weighted by molar-refractivity contribution is -0.231. The predicted molar refractivity (Wildman–Crippen MR) is 131 cm³/mol. The second kappa shape index (κ2) is 8.27. The second-order valence-corrected chi connectivity index (χ2v) is 12.3. The molecule has 0 heterocycles. The average molecular weight is 469 g/mol. The van der Waals surface area contributed by atoms with E-state index in [-0.39, 0.29) is 28.7 Å². The van der Waals surface area contributed by atoms with Crippen LogP contribution in [0, 0.1) is 39.8 Å². The summed E-state index contributed by atoms with van der Waals surface area (Å²) < 4.78 is 19.2. The van der Waals surface area contributed by atoms with Crippen molar-refractivity contribution in [3.63, 3.8) is 0 Å². The van der Waals surface area contributed by atoms with E-state index in [1.807, 2.05) is 6.92 Å². The van der Waals surface area contributed by atoms with Gasteiger partial charge in [-0.05, 0) is 98.1 Å². The zero-order chi connectivity index (χ0) is 24.4. The molecular formula is C30H41FO3. The van der Waals surface area contributed by atoms with Gasteiger partial charge in [-0.2, -0.15) is 0 Å². The third-order valence-corrected chi connectivity index (χ3v) is 11.2. The molecule has 0 amide bonds. The molecule has 5 rings (SSSR count). The summed E-state index contributed by atoms with van der Waals surface area (Å²) in [7, 11) is 0. The number of ether oxygens (including phenoxy) is 1. The number of carbonyl (C=O) groups excluding carboxylic acids is 1. The van der Waals surface area contributed by atoms with Crippen molar-refractivity contribution in [2.45, 2.75) is 97.9 Å². The molecular weight excluding hydrogens is 427 g/mol. The maximum atomic E-state index is 13.2. The maximum absolute atomic E-state index is 13.2. The van der Waals surface area contributed by atoms with Gasteiger partial charge in [-0.1, -0.05) is 44.6 Å². The summed E-state index contributed by atoms with van der Waals surface area (Å²) in [6.07, 6.45) is 11.1. The summed E-state index contributed by atoms with van der Waals surface area (Å²) in [5, 5.41) is 11.3. The van der Waals surface area contributed by atoms with Crippen LogP contribution >= 0.6 is 0 Å². The molecule has 1 aromatic rings. The van der Waals surface area contributed by atoms with Crippen molar-refractivity contribution in [1.29, 1.82) is 0 Å². The molecule has 0 radical (unpaired) electrons. The lowest BCUT2D eigenvalue weighted by Gasteiger charge is -2.60. The van der Waals surface area contributed by atoms with E-state index >= 15 is 0 Å². The second-order valence-electron chi connectivity index (χ2n) is 12.3. The minimum absolute atomic E-state index is 0.101.